The standard InChI is InChI=1S/5K.H3O4P/c;;;;;1-5(2,3)4/h;;;;;(H3,1,2,3,4)/q5*+1;/p-3. The monoisotopic (exact) mass is 290 g/mol. The van der Waals surface area contributed by atoms with E-state index in [0.29, 0.717) is 0 Å². The summed E-state index contributed by atoms with van der Waals surface area (Å²) >= 11 is 0. The average Bonchev–Trinajstić information content (AvgIpc) is 0.722. The molecule has 0 amide bonds. The predicted molar refractivity (Wildman–Crippen MR) is 7.61 cm³/mol. The Morgan fingerprint density at radius 1 is 0.700 bits per heavy atom. The fourth-order valence-corrected chi connectivity index (χ4v) is 0. The zero-order valence-electron chi connectivity index (χ0n) is 7.08. The van der Waals surface area contributed by atoms with Crippen LogP contribution in [-0.2, 0) is 4.57 Å². The third kappa shape index (κ3) is 55.4. The second-order valence-electron chi connectivity index (χ2n) is 0.447. The molecule has 0 saturated heterocycles. The molecule has 0 atom stereocenters. The van der Waals surface area contributed by atoms with Crippen LogP contribution in [0.5, 0.6) is 0 Å². The van der Waals surface area contributed by atoms with Crippen molar-refractivity contribution in [1.29, 1.82) is 0 Å². The van der Waals surface area contributed by atoms with E-state index in [1.54, 1.807) is 0 Å². The molecule has 0 fully saturated rings. The van der Waals surface area contributed by atoms with Crippen LogP contribution in [0.4, 0.5) is 0 Å². The molecule has 0 aromatic heterocycles. The van der Waals surface area contributed by atoms with Gasteiger partial charge in [0.2, 0.25) is 0 Å². The molecule has 4 nitrogen and oxygen atoms in total. The fourth-order valence-electron chi connectivity index (χ4n) is 0. The maximum Gasteiger partial charge on any atom is 1.00 e. The minimum Gasteiger partial charge on any atom is -0.822 e. The molecule has 0 aromatic rings. The Kier molecular flexibility index (Phi) is 81.3. The van der Waals surface area contributed by atoms with Crippen molar-refractivity contribution in [3.63, 3.8) is 0 Å². The summed E-state index contributed by atoms with van der Waals surface area (Å²) in [6.45, 7) is 0. The SMILES string of the molecule is O=P([O-])([O-])[O-].[K+].[K+].[K+].[K+].[K+]. The third-order valence-electron chi connectivity index (χ3n) is 0. The van der Waals surface area contributed by atoms with E-state index in [1.807, 2.05) is 0 Å². The number of rotatable bonds is 0. The average molecular weight is 290 g/mol. The van der Waals surface area contributed by atoms with Gasteiger partial charge in [0.1, 0.15) is 0 Å². The van der Waals surface area contributed by atoms with Crippen molar-refractivity contribution >= 4 is 7.82 Å². The molecular weight excluding hydrogens is 290 g/mol. The Morgan fingerprint density at radius 2 is 0.700 bits per heavy atom. The Labute approximate surface area is 273 Å². The van der Waals surface area contributed by atoms with Gasteiger partial charge in [-0.15, -0.1) is 0 Å². The van der Waals surface area contributed by atoms with Crippen molar-refractivity contribution < 1.29 is 276 Å². The van der Waals surface area contributed by atoms with E-state index in [9.17, 15) is 0 Å². The minimum absolute atomic E-state index is 0. The Bertz CT molecular complexity index is 59.8. The molecule has 32 valence electrons. The first kappa shape index (κ1) is 36.2. The van der Waals surface area contributed by atoms with Gasteiger partial charge in [-0.3, -0.25) is 0 Å². The van der Waals surface area contributed by atoms with E-state index in [2.05, 4.69) is 0 Å². The van der Waals surface area contributed by atoms with Crippen LogP contribution < -0.4 is 272 Å². The van der Waals surface area contributed by atoms with Gasteiger partial charge in [0.05, 0.1) is 0 Å². The molecule has 0 aromatic carbocycles. The zero-order chi connectivity index (χ0) is 4.50. The van der Waals surface area contributed by atoms with Crippen LogP contribution in [0, 0.1) is 0 Å². The van der Waals surface area contributed by atoms with E-state index < -0.39 is 7.82 Å². The number of hydrogen-bond donors (Lipinski definition) is 0. The van der Waals surface area contributed by atoms with E-state index in [-0.39, 0.29) is 257 Å². The minimum atomic E-state index is -5.39. The first-order valence-corrected chi connectivity index (χ1v) is 2.19. The molecular formula is K5O4P+2. The van der Waals surface area contributed by atoms with Gasteiger partial charge in [0, 0.05) is 0 Å². The molecule has 0 aliphatic carbocycles. The van der Waals surface area contributed by atoms with Crippen LogP contribution >= 0.6 is 7.82 Å². The van der Waals surface area contributed by atoms with Gasteiger partial charge in [-0.1, -0.05) is 0 Å². The van der Waals surface area contributed by atoms with Crippen LogP contribution in [0.15, 0.2) is 0 Å². The summed E-state index contributed by atoms with van der Waals surface area (Å²) in [5.41, 5.74) is 0. The van der Waals surface area contributed by atoms with Crippen molar-refractivity contribution in [2.75, 3.05) is 0 Å². The van der Waals surface area contributed by atoms with Crippen LogP contribution in [0.3, 0.4) is 0 Å². The van der Waals surface area contributed by atoms with Gasteiger partial charge < -0.3 is 19.2 Å². The van der Waals surface area contributed by atoms with Gasteiger partial charge in [-0.05, 0) is 0 Å². The van der Waals surface area contributed by atoms with Gasteiger partial charge >= 0.3 is 257 Å². The molecule has 0 aliphatic rings. The first-order chi connectivity index (χ1) is 2.00. The van der Waals surface area contributed by atoms with Gasteiger partial charge in [-0.25, -0.2) is 0 Å². The Morgan fingerprint density at radius 3 is 0.700 bits per heavy atom. The molecule has 0 heterocycles. The molecule has 0 radical (unpaired) electrons. The smallest absolute Gasteiger partial charge is 0.822 e. The first-order valence-electron chi connectivity index (χ1n) is 0.730. The Balaban J connectivity index is -0.00000000800. The zero-order valence-corrected chi connectivity index (χ0v) is 23.6. The third-order valence-corrected chi connectivity index (χ3v) is 0. The maximum absolute atomic E-state index is 8.55. The molecule has 10 heavy (non-hydrogen) atoms. The van der Waals surface area contributed by atoms with E-state index >= 15 is 0 Å². The van der Waals surface area contributed by atoms with Crippen molar-refractivity contribution in [3.05, 3.63) is 0 Å². The summed E-state index contributed by atoms with van der Waals surface area (Å²) in [6, 6.07) is 0. The van der Waals surface area contributed by atoms with Crippen LogP contribution in [0.1, 0.15) is 0 Å². The predicted octanol–water partition coefficient (Wildman–Crippen LogP) is -17.8. The largest absolute Gasteiger partial charge is 1.00 e. The molecule has 0 aliphatic heterocycles. The van der Waals surface area contributed by atoms with E-state index in [1.165, 1.54) is 0 Å². The van der Waals surface area contributed by atoms with Gasteiger partial charge in [0.15, 0.2) is 0 Å². The topological polar surface area (TPSA) is 86.2 Å². The van der Waals surface area contributed by atoms with Gasteiger partial charge in [-0.2, -0.15) is 7.82 Å². The summed E-state index contributed by atoms with van der Waals surface area (Å²) in [5.74, 6) is 0. The van der Waals surface area contributed by atoms with Crippen molar-refractivity contribution in [2.45, 2.75) is 0 Å². The summed E-state index contributed by atoms with van der Waals surface area (Å²) in [5, 5.41) is 0. The summed E-state index contributed by atoms with van der Waals surface area (Å²) < 4.78 is 8.55. The summed E-state index contributed by atoms with van der Waals surface area (Å²) in [6.07, 6.45) is 0. The second-order valence-corrected chi connectivity index (χ2v) is 1.34. The maximum atomic E-state index is 8.55. The second kappa shape index (κ2) is 22.5. The molecule has 0 bridgehead atoms. The molecule has 0 N–H and O–H groups in total. The van der Waals surface area contributed by atoms with E-state index in [0.717, 1.165) is 0 Å². The molecule has 0 rings (SSSR count). The molecule has 0 spiro atoms. The molecule has 10 heteroatoms. The summed E-state index contributed by atoms with van der Waals surface area (Å²) in [7, 11) is -5.39. The Hall–Kier alpha value is 8.29. The number of hydrogen-bond acceptors (Lipinski definition) is 4. The van der Waals surface area contributed by atoms with Crippen LogP contribution in [-0.4, -0.2) is 0 Å². The quantitative estimate of drug-likeness (QED) is 0.327. The normalized spacial score (nSPS) is 5.90. The molecule has 0 saturated carbocycles. The van der Waals surface area contributed by atoms with Gasteiger partial charge in [0.25, 0.3) is 0 Å². The van der Waals surface area contributed by atoms with Crippen molar-refractivity contribution in [2.24, 2.45) is 0 Å². The van der Waals surface area contributed by atoms with Crippen LogP contribution in [0.25, 0.3) is 0 Å². The number of phosphoric acid groups is 1. The van der Waals surface area contributed by atoms with Crippen molar-refractivity contribution in [3.8, 4) is 0 Å². The summed E-state index contributed by atoms with van der Waals surface area (Å²) in [4.78, 5) is 25.6. The molecule has 0 unspecified atom stereocenters. The fraction of sp³-hybridized carbons (Fsp3) is 0. The van der Waals surface area contributed by atoms with Crippen LogP contribution in [0.2, 0.25) is 0 Å². The van der Waals surface area contributed by atoms with Crippen molar-refractivity contribution in [1.82, 2.24) is 0 Å². The van der Waals surface area contributed by atoms with E-state index in [4.69, 9.17) is 19.2 Å².